The van der Waals surface area contributed by atoms with Crippen molar-refractivity contribution in [1.82, 2.24) is 19.8 Å². The van der Waals surface area contributed by atoms with Gasteiger partial charge >= 0.3 is 11.9 Å². The Morgan fingerprint density at radius 2 is 1.13 bits per heavy atom. The van der Waals surface area contributed by atoms with Gasteiger partial charge in [-0.25, -0.2) is 14.8 Å². The molecule has 2 amide bonds. The Bertz CT molecular complexity index is 2110. The SMILES string of the molecule is C.C=C(C)C(=O)OCCO.C=Cc1ccc(COc2ncccc2C(=O)N(CC)CC)cc1.CCC(CC(C)(C)C(=O)OCCO)c1ccc(COc2ncccc2C(=O)N(CC)CC)cc1. The number of carbonyl (C=O) groups excluding carboxylic acids is 4. The maximum atomic E-state index is 12.8. The first-order valence-electron chi connectivity index (χ1n) is 22.4. The Kier molecular flexibility index (Phi) is 27.6. The molecule has 0 saturated heterocycles. The summed E-state index contributed by atoms with van der Waals surface area (Å²) < 4.78 is 21.3. The van der Waals surface area contributed by atoms with Crippen LogP contribution in [-0.4, -0.2) is 106 Å². The predicted molar refractivity (Wildman–Crippen MR) is 264 cm³/mol. The number of pyridine rings is 2. The average Bonchev–Trinajstić information content (AvgIpc) is 3.34. The van der Waals surface area contributed by atoms with Crippen LogP contribution in [0.25, 0.3) is 6.08 Å². The Labute approximate surface area is 398 Å². The van der Waals surface area contributed by atoms with Crippen molar-refractivity contribution in [3.63, 3.8) is 0 Å². The quantitative estimate of drug-likeness (QED) is 0.0534. The van der Waals surface area contributed by atoms with Crippen LogP contribution in [0.5, 0.6) is 11.8 Å². The zero-order chi connectivity index (χ0) is 49.1. The van der Waals surface area contributed by atoms with E-state index in [0.717, 1.165) is 28.7 Å². The molecule has 0 bridgehead atoms. The Hall–Kier alpha value is -6.38. The van der Waals surface area contributed by atoms with E-state index in [9.17, 15) is 19.2 Å². The molecule has 1 atom stereocenters. The van der Waals surface area contributed by atoms with E-state index >= 15 is 0 Å². The summed E-state index contributed by atoms with van der Waals surface area (Å²) in [5.41, 5.74) is 4.85. The van der Waals surface area contributed by atoms with E-state index in [1.165, 1.54) is 0 Å². The van der Waals surface area contributed by atoms with Crippen LogP contribution in [0.3, 0.4) is 0 Å². The number of rotatable bonds is 23. The summed E-state index contributed by atoms with van der Waals surface area (Å²) in [5.74, 6) is 0.00458. The van der Waals surface area contributed by atoms with Gasteiger partial charge in [0.05, 0.1) is 18.6 Å². The van der Waals surface area contributed by atoms with Crippen molar-refractivity contribution >= 4 is 29.8 Å². The van der Waals surface area contributed by atoms with E-state index in [-0.39, 0.29) is 57.6 Å². The summed E-state index contributed by atoms with van der Waals surface area (Å²) in [6.07, 6.45) is 6.59. The Morgan fingerprint density at radius 1 is 0.701 bits per heavy atom. The van der Waals surface area contributed by atoms with Gasteiger partial charge in [-0.3, -0.25) is 14.4 Å². The normalized spacial score (nSPS) is 10.8. The summed E-state index contributed by atoms with van der Waals surface area (Å²) in [6, 6.07) is 23.0. The van der Waals surface area contributed by atoms with Crippen molar-refractivity contribution in [3.05, 3.63) is 137 Å². The van der Waals surface area contributed by atoms with Gasteiger partial charge < -0.3 is 39.0 Å². The number of ether oxygens (including phenoxy) is 4. The fraction of sp³-hybridized carbons (Fsp3) is 0.434. The fourth-order valence-corrected chi connectivity index (χ4v) is 6.43. The number of nitrogens with zero attached hydrogens (tertiary/aromatic N) is 4. The molecule has 0 aliphatic rings. The van der Waals surface area contributed by atoms with Gasteiger partial charge in [-0.1, -0.05) is 82.1 Å². The second kappa shape index (κ2) is 31.5. The van der Waals surface area contributed by atoms with Gasteiger partial charge in [0.25, 0.3) is 11.8 Å². The van der Waals surface area contributed by atoms with E-state index < -0.39 is 11.4 Å². The first-order chi connectivity index (χ1) is 31.6. The smallest absolute Gasteiger partial charge is 0.333 e. The molecule has 2 N–H and O–H groups in total. The number of aliphatic hydroxyl groups excluding tert-OH is 2. The third-order valence-electron chi connectivity index (χ3n) is 10.3. The molecule has 0 fully saturated rings. The maximum Gasteiger partial charge on any atom is 0.333 e. The summed E-state index contributed by atoms with van der Waals surface area (Å²) in [5, 5.41) is 17.1. The average molecular weight is 927 g/mol. The maximum absolute atomic E-state index is 12.8. The van der Waals surface area contributed by atoms with Crippen LogP contribution in [0.15, 0.2) is 104 Å². The van der Waals surface area contributed by atoms with Crippen molar-refractivity contribution in [3.8, 4) is 11.8 Å². The van der Waals surface area contributed by atoms with Gasteiger partial charge in [0, 0.05) is 44.1 Å². The molecule has 366 valence electrons. The molecule has 67 heavy (non-hydrogen) atoms. The van der Waals surface area contributed by atoms with E-state index in [1.807, 2.05) is 77.9 Å². The highest BCUT2D eigenvalue weighted by molar-refractivity contribution is 5.97. The van der Waals surface area contributed by atoms with Crippen molar-refractivity contribution in [2.24, 2.45) is 5.41 Å². The molecule has 0 spiro atoms. The van der Waals surface area contributed by atoms with Gasteiger partial charge in [-0.2, -0.15) is 0 Å². The second-order valence-corrected chi connectivity index (χ2v) is 15.6. The number of hydrogen-bond acceptors (Lipinski definition) is 12. The highest BCUT2D eigenvalue weighted by Gasteiger charge is 2.32. The molecule has 4 rings (SSSR count). The highest BCUT2D eigenvalue weighted by Crippen LogP contribution is 2.35. The Morgan fingerprint density at radius 3 is 1.52 bits per heavy atom. The van der Waals surface area contributed by atoms with Gasteiger partial charge in [0.2, 0.25) is 11.8 Å². The van der Waals surface area contributed by atoms with Crippen molar-refractivity contribution < 1.29 is 48.3 Å². The summed E-state index contributed by atoms with van der Waals surface area (Å²) in [7, 11) is 0. The minimum absolute atomic E-state index is 0. The number of amides is 2. The van der Waals surface area contributed by atoms with E-state index in [4.69, 9.17) is 24.4 Å². The third kappa shape index (κ3) is 19.6. The molecule has 4 aromatic rings. The molecule has 2 aromatic carbocycles. The van der Waals surface area contributed by atoms with Gasteiger partial charge in [-0.05, 0) is 114 Å². The van der Waals surface area contributed by atoms with E-state index in [2.05, 4.69) is 46.9 Å². The third-order valence-corrected chi connectivity index (χ3v) is 10.3. The number of hydrogen-bond donors (Lipinski definition) is 2. The molecule has 2 aromatic heterocycles. The first-order valence-corrected chi connectivity index (χ1v) is 22.4. The van der Waals surface area contributed by atoms with Crippen LogP contribution in [0, 0.1) is 5.41 Å². The largest absolute Gasteiger partial charge is 0.472 e. The molecular weight excluding hydrogens is 853 g/mol. The van der Waals surface area contributed by atoms with Crippen LogP contribution in [0.4, 0.5) is 0 Å². The van der Waals surface area contributed by atoms with Gasteiger partial charge in [-0.15, -0.1) is 0 Å². The number of aliphatic hydroxyl groups is 2. The number of benzene rings is 2. The fourth-order valence-electron chi connectivity index (χ4n) is 6.43. The summed E-state index contributed by atoms with van der Waals surface area (Å²) in [4.78, 5) is 60.1. The minimum atomic E-state index is -0.648. The lowest BCUT2D eigenvalue weighted by Gasteiger charge is -2.27. The molecule has 14 heteroatoms. The topological polar surface area (TPSA) is 178 Å². The van der Waals surface area contributed by atoms with Crippen LogP contribution < -0.4 is 9.47 Å². The monoisotopic (exact) mass is 927 g/mol. The second-order valence-electron chi connectivity index (χ2n) is 15.6. The van der Waals surface area contributed by atoms with E-state index in [1.54, 1.807) is 59.5 Å². The van der Waals surface area contributed by atoms with Gasteiger partial charge in [0.1, 0.15) is 37.6 Å². The zero-order valence-corrected chi connectivity index (χ0v) is 40.1. The molecular formula is C53H74N4O10. The molecule has 1 unspecified atom stereocenters. The summed E-state index contributed by atoms with van der Waals surface area (Å²) in [6.45, 7) is 25.3. The summed E-state index contributed by atoms with van der Waals surface area (Å²) >= 11 is 0. The van der Waals surface area contributed by atoms with Crippen molar-refractivity contribution in [2.45, 2.75) is 94.8 Å². The van der Waals surface area contributed by atoms with Crippen LogP contribution >= 0.6 is 0 Å². The van der Waals surface area contributed by atoms with Gasteiger partial charge in [0.15, 0.2) is 0 Å². The molecule has 0 aliphatic carbocycles. The first kappa shape index (κ1) is 58.6. The molecule has 0 aliphatic heterocycles. The number of aromatic nitrogens is 2. The lowest BCUT2D eigenvalue weighted by Crippen LogP contribution is -2.30. The standard InChI is InChI=1S/C27H38N2O5.C19H22N2O2.C6H10O3.CH4/c1-6-21(18-27(4,5)26(32)33-17-16-30)22-13-11-20(12-14-22)19-34-24-23(10-9-15-28-24)25(31)29(7-2)8-3;1-4-15-9-11-16(12-10-15)14-23-18-17(8-7-13-20-18)19(22)21(5-2)6-3;1-5(2)6(8)9-4-3-7;/h9-15,21,30H,6-8,16-19H2,1-5H3;4,7-13H,1,5-6,14H2,2-3H3;7H,1,3-4H2,2H3;1H4. The van der Waals surface area contributed by atoms with E-state index in [0.29, 0.717) is 74.3 Å². The Balaban J connectivity index is 0.000000584. The van der Waals surface area contributed by atoms with Crippen LogP contribution in [0.2, 0.25) is 0 Å². The van der Waals surface area contributed by atoms with Crippen LogP contribution in [0.1, 0.15) is 125 Å². The molecule has 0 saturated carbocycles. The zero-order valence-electron chi connectivity index (χ0n) is 40.1. The minimum Gasteiger partial charge on any atom is -0.472 e. The predicted octanol–water partition coefficient (Wildman–Crippen LogP) is 9.11. The lowest BCUT2D eigenvalue weighted by atomic mass is 9.78. The molecule has 0 radical (unpaired) electrons. The van der Waals surface area contributed by atoms with Crippen molar-refractivity contribution in [2.75, 3.05) is 52.6 Å². The lowest BCUT2D eigenvalue weighted by molar-refractivity contribution is -0.155. The van der Waals surface area contributed by atoms with Crippen LogP contribution in [-0.2, 0) is 32.3 Å². The molecule has 14 nitrogen and oxygen atoms in total. The molecule has 2 heterocycles. The highest BCUT2D eigenvalue weighted by atomic mass is 16.5. The van der Waals surface area contributed by atoms with Crippen molar-refractivity contribution in [1.29, 1.82) is 0 Å². The number of carbonyl (C=O) groups is 4. The number of esters is 2.